The molecule has 1 aliphatic rings. The van der Waals surface area contributed by atoms with Gasteiger partial charge in [-0.1, -0.05) is 13.8 Å². The fourth-order valence-corrected chi connectivity index (χ4v) is 2.08. The Morgan fingerprint density at radius 2 is 1.93 bits per heavy atom. The summed E-state index contributed by atoms with van der Waals surface area (Å²) in [5.74, 6) is -1.90. The van der Waals surface area contributed by atoms with Crippen molar-refractivity contribution in [2.45, 2.75) is 52.1 Å². The van der Waals surface area contributed by atoms with E-state index in [2.05, 4.69) is 0 Å². The van der Waals surface area contributed by atoms with Crippen molar-refractivity contribution in [2.75, 3.05) is 0 Å². The van der Waals surface area contributed by atoms with Gasteiger partial charge in [0.05, 0.1) is 6.10 Å². The zero-order valence-electron chi connectivity index (χ0n) is 9.33. The molecule has 4 nitrogen and oxygen atoms in total. The molecular weight excluding hydrogens is 184 g/mol. The molecule has 1 fully saturated rings. The van der Waals surface area contributed by atoms with Crippen molar-refractivity contribution in [1.82, 2.24) is 0 Å². The van der Waals surface area contributed by atoms with Crippen molar-refractivity contribution in [2.24, 2.45) is 5.92 Å². The van der Waals surface area contributed by atoms with Gasteiger partial charge in [-0.3, -0.25) is 0 Å². The first kappa shape index (κ1) is 11.5. The lowest BCUT2D eigenvalue weighted by atomic mass is 9.86. The van der Waals surface area contributed by atoms with Gasteiger partial charge in [0.25, 0.3) is 0 Å². The first-order chi connectivity index (χ1) is 6.22. The second-order valence-corrected chi connectivity index (χ2v) is 4.51. The average Bonchev–Trinajstić information content (AvgIpc) is 2.21. The normalized spacial score (nSPS) is 36.3. The average molecular weight is 202 g/mol. The number of hydrogen-bond acceptors (Lipinski definition) is 3. The van der Waals surface area contributed by atoms with Gasteiger partial charge < -0.3 is 14.6 Å². The van der Waals surface area contributed by atoms with Gasteiger partial charge in [0, 0.05) is 0 Å². The molecule has 1 aliphatic heterocycles. The summed E-state index contributed by atoms with van der Waals surface area (Å²) < 4.78 is 11.0. The SMILES string of the molecule is CC(C)[C@]1(C(=O)O)OC(C)(C)O[C@H]1C. The number of aliphatic carboxylic acids is 1. The molecule has 0 bridgehead atoms. The summed E-state index contributed by atoms with van der Waals surface area (Å²) in [6.45, 7) is 8.86. The third-order valence-corrected chi connectivity index (χ3v) is 2.67. The van der Waals surface area contributed by atoms with Crippen LogP contribution < -0.4 is 0 Å². The van der Waals surface area contributed by atoms with E-state index >= 15 is 0 Å². The number of carbonyl (C=O) groups is 1. The number of rotatable bonds is 2. The Bertz CT molecular complexity index is 247. The zero-order chi connectivity index (χ0) is 11.1. The first-order valence-corrected chi connectivity index (χ1v) is 4.84. The lowest BCUT2D eigenvalue weighted by Gasteiger charge is -2.30. The van der Waals surface area contributed by atoms with Crippen molar-refractivity contribution in [3.63, 3.8) is 0 Å². The minimum absolute atomic E-state index is 0.128. The summed E-state index contributed by atoms with van der Waals surface area (Å²) in [5.41, 5.74) is -1.22. The van der Waals surface area contributed by atoms with Crippen LogP contribution in [0.1, 0.15) is 34.6 Å². The zero-order valence-corrected chi connectivity index (χ0v) is 9.33. The van der Waals surface area contributed by atoms with Gasteiger partial charge in [0.15, 0.2) is 11.4 Å². The molecule has 0 spiro atoms. The van der Waals surface area contributed by atoms with Crippen LogP contribution >= 0.6 is 0 Å². The highest BCUT2D eigenvalue weighted by molar-refractivity contribution is 5.79. The van der Waals surface area contributed by atoms with Crippen LogP contribution in [0, 0.1) is 5.92 Å². The Hall–Kier alpha value is -0.610. The van der Waals surface area contributed by atoms with Crippen LogP contribution in [0.2, 0.25) is 0 Å². The molecule has 0 radical (unpaired) electrons. The molecule has 0 aromatic rings. The summed E-state index contributed by atoms with van der Waals surface area (Å²) in [6, 6.07) is 0. The highest BCUT2D eigenvalue weighted by Crippen LogP contribution is 2.41. The first-order valence-electron chi connectivity index (χ1n) is 4.84. The largest absolute Gasteiger partial charge is 0.479 e. The van der Waals surface area contributed by atoms with E-state index in [0.717, 1.165) is 0 Å². The van der Waals surface area contributed by atoms with E-state index in [9.17, 15) is 9.90 Å². The lowest BCUT2D eigenvalue weighted by Crippen LogP contribution is -2.51. The van der Waals surface area contributed by atoms with E-state index in [1.165, 1.54) is 0 Å². The van der Waals surface area contributed by atoms with Crippen LogP contribution in [-0.2, 0) is 14.3 Å². The third kappa shape index (κ3) is 1.53. The molecule has 1 rings (SSSR count). The number of hydrogen-bond donors (Lipinski definition) is 1. The number of carboxylic acid groups (broad SMARTS) is 1. The highest BCUT2D eigenvalue weighted by atomic mass is 16.8. The quantitative estimate of drug-likeness (QED) is 0.739. The van der Waals surface area contributed by atoms with Crippen molar-refractivity contribution >= 4 is 5.97 Å². The molecule has 82 valence electrons. The topological polar surface area (TPSA) is 55.8 Å². The standard InChI is InChI=1S/C10H18O4/c1-6(2)10(8(11)12)7(3)13-9(4,5)14-10/h6-7H,1-5H3,(H,11,12)/t7-,10-/m0/s1. The molecule has 14 heavy (non-hydrogen) atoms. The Balaban J connectivity index is 3.07. The van der Waals surface area contributed by atoms with Crippen molar-refractivity contribution in [3.8, 4) is 0 Å². The van der Waals surface area contributed by atoms with E-state index in [1.807, 2.05) is 13.8 Å². The predicted molar refractivity (Wildman–Crippen MR) is 50.9 cm³/mol. The molecular formula is C10H18O4. The van der Waals surface area contributed by atoms with Crippen molar-refractivity contribution < 1.29 is 19.4 Å². The van der Waals surface area contributed by atoms with E-state index in [-0.39, 0.29) is 5.92 Å². The van der Waals surface area contributed by atoms with Gasteiger partial charge in [-0.2, -0.15) is 0 Å². The maximum Gasteiger partial charge on any atom is 0.339 e. The van der Waals surface area contributed by atoms with E-state index < -0.39 is 23.5 Å². The fraction of sp³-hybridized carbons (Fsp3) is 0.900. The summed E-state index contributed by atoms with van der Waals surface area (Å²) in [4.78, 5) is 11.3. The molecule has 1 saturated heterocycles. The van der Waals surface area contributed by atoms with E-state index in [1.54, 1.807) is 20.8 Å². The second-order valence-electron chi connectivity index (χ2n) is 4.51. The van der Waals surface area contributed by atoms with Gasteiger partial charge in [-0.05, 0) is 26.7 Å². The van der Waals surface area contributed by atoms with Crippen LogP contribution in [0.5, 0.6) is 0 Å². The molecule has 0 aromatic carbocycles. The van der Waals surface area contributed by atoms with E-state index in [4.69, 9.17) is 9.47 Å². The van der Waals surface area contributed by atoms with Crippen molar-refractivity contribution in [1.29, 1.82) is 0 Å². The number of ether oxygens (including phenoxy) is 2. The van der Waals surface area contributed by atoms with Crippen LogP contribution in [-0.4, -0.2) is 28.6 Å². The number of carboxylic acids is 1. The summed E-state index contributed by atoms with van der Waals surface area (Å²) in [5, 5.41) is 9.23. The highest BCUT2D eigenvalue weighted by Gasteiger charge is 2.58. The van der Waals surface area contributed by atoms with Crippen molar-refractivity contribution in [3.05, 3.63) is 0 Å². The van der Waals surface area contributed by atoms with Gasteiger partial charge in [-0.15, -0.1) is 0 Å². The van der Waals surface area contributed by atoms with Crippen LogP contribution in [0.4, 0.5) is 0 Å². The van der Waals surface area contributed by atoms with Gasteiger partial charge >= 0.3 is 5.97 Å². The predicted octanol–water partition coefficient (Wildman–Crippen LogP) is 1.64. The molecule has 0 saturated carbocycles. The molecule has 0 aromatic heterocycles. The molecule has 4 heteroatoms. The minimum Gasteiger partial charge on any atom is -0.479 e. The Morgan fingerprint density at radius 3 is 2.07 bits per heavy atom. The molecule has 0 amide bonds. The molecule has 0 unspecified atom stereocenters. The van der Waals surface area contributed by atoms with Gasteiger partial charge in [-0.25, -0.2) is 4.79 Å². The summed E-state index contributed by atoms with van der Waals surface area (Å²) in [6.07, 6.45) is -0.435. The molecule has 1 N–H and O–H groups in total. The smallest absolute Gasteiger partial charge is 0.339 e. The lowest BCUT2D eigenvalue weighted by molar-refractivity contribution is -0.192. The Morgan fingerprint density at radius 1 is 1.43 bits per heavy atom. The Kier molecular flexibility index (Phi) is 2.63. The molecule has 2 atom stereocenters. The van der Waals surface area contributed by atoms with Gasteiger partial charge in [0.1, 0.15) is 0 Å². The van der Waals surface area contributed by atoms with E-state index in [0.29, 0.717) is 0 Å². The maximum absolute atomic E-state index is 11.3. The van der Waals surface area contributed by atoms with Crippen LogP contribution in [0.25, 0.3) is 0 Å². The monoisotopic (exact) mass is 202 g/mol. The minimum atomic E-state index is -1.22. The second kappa shape index (κ2) is 3.21. The van der Waals surface area contributed by atoms with Crippen LogP contribution in [0.15, 0.2) is 0 Å². The molecule has 0 aliphatic carbocycles. The summed E-state index contributed by atoms with van der Waals surface area (Å²) in [7, 11) is 0. The summed E-state index contributed by atoms with van der Waals surface area (Å²) >= 11 is 0. The maximum atomic E-state index is 11.3. The van der Waals surface area contributed by atoms with Crippen LogP contribution in [0.3, 0.4) is 0 Å². The fourth-order valence-electron chi connectivity index (χ4n) is 2.08. The van der Waals surface area contributed by atoms with Gasteiger partial charge in [0.2, 0.25) is 0 Å². The third-order valence-electron chi connectivity index (χ3n) is 2.67. The molecule has 1 heterocycles. The Labute approximate surface area is 84.2 Å².